The molecule has 0 atom stereocenters. The van der Waals surface area contributed by atoms with Crippen molar-refractivity contribution in [3.05, 3.63) is 47.0 Å². The van der Waals surface area contributed by atoms with Crippen molar-refractivity contribution < 1.29 is 14.6 Å². The van der Waals surface area contributed by atoms with E-state index in [0.29, 0.717) is 5.56 Å². The molecule has 0 aliphatic heterocycles. The van der Waals surface area contributed by atoms with Crippen LogP contribution >= 0.6 is 0 Å². The lowest BCUT2D eigenvalue weighted by Gasteiger charge is -2.15. The van der Waals surface area contributed by atoms with Gasteiger partial charge in [-0.2, -0.15) is 0 Å². The molecule has 0 saturated carbocycles. The van der Waals surface area contributed by atoms with Gasteiger partial charge in [-0.3, -0.25) is 4.79 Å². The second-order valence-corrected chi connectivity index (χ2v) is 5.20. The van der Waals surface area contributed by atoms with Crippen molar-refractivity contribution in [3.63, 3.8) is 0 Å². The maximum absolute atomic E-state index is 11.4. The monoisotopic (exact) mass is 280 g/mol. The summed E-state index contributed by atoms with van der Waals surface area (Å²) in [6.45, 7) is 4.00. The topological polar surface area (TPSA) is 46.5 Å². The molecule has 0 unspecified atom stereocenters. The zero-order valence-electron chi connectivity index (χ0n) is 12.2. The number of fused-ring (bicyclic) bond motifs is 2. The van der Waals surface area contributed by atoms with Gasteiger partial charge in [-0.05, 0) is 64.7 Å². The van der Waals surface area contributed by atoms with E-state index in [-0.39, 0.29) is 5.75 Å². The fraction of sp³-hybridized carbons (Fsp3) is 0.167. The van der Waals surface area contributed by atoms with E-state index in [4.69, 9.17) is 4.74 Å². The molecule has 0 bridgehead atoms. The molecule has 0 spiro atoms. The first-order valence-corrected chi connectivity index (χ1v) is 6.76. The number of aromatic hydroxyl groups is 1. The Morgan fingerprint density at radius 2 is 1.71 bits per heavy atom. The van der Waals surface area contributed by atoms with Crippen molar-refractivity contribution in [2.45, 2.75) is 13.8 Å². The number of carbonyl (C=O) groups excluding carboxylic acids is 1. The number of rotatable bonds is 2. The molecule has 0 fully saturated rings. The van der Waals surface area contributed by atoms with Gasteiger partial charge in [-0.15, -0.1) is 0 Å². The van der Waals surface area contributed by atoms with Crippen LogP contribution in [0.1, 0.15) is 21.5 Å². The number of ether oxygens (including phenoxy) is 1. The van der Waals surface area contributed by atoms with Crippen molar-refractivity contribution >= 4 is 27.8 Å². The predicted octanol–water partition coefficient (Wildman–Crippen LogP) is 4.14. The van der Waals surface area contributed by atoms with Crippen LogP contribution in [-0.2, 0) is 0 Å². The van der Waals surface area contributed by atoms with Crippen molar-refractivity contribution in [2.24, 2.45) is 0 Å². The van der Waals surface area contributed by atoms with Crippen molar-refractivity contribution in [1.29, 1.82) is 0 Å². The highest BCUT2D eigenvalue weighted by molar-refractivity contribution is 6.12. The van der Waals surface area contributed by atoms with Gasteiger partial charge >= 0.3 is 0 Å². The molecule has 0 amide bonds. The number of benzene rings is 3. The fourth-order valence-electron chi connectivity index (χ4n) is 3.01. The number of phenols is 1. The molecule has 0 radical (unpaired) electrons. The van der Waals surface area contributed by atoms with Gasteiger partial charge in [0.05, 0.1) is 12.7 Å². The maximum Gasteiger partial charge on any atom is 0.154 e. The molecule has 106 valence electrons. The maximum atomic E-state index is 11.4. The van der Waals surface area contributed by atoms with E-state index in [9.17, 15) is 9.90 Å². The first-order valence-electron chi connectivity index (χ1n) is 6.76. The van der Waals surface area contributed by atoms with Crippen LogP contribution in [0.3, 0.4) is 0 Å². The van der Waals surface area contributed by atoms with E-state index in [2.05, 4.69) is 0 Å². The summed E-state index contributed by atoms with van der Waals surface area (Å²) < 4.78 is 5.30. The molecular formula is C18H16O3. The van der Waals surface area contributed by atoms with Gasteiger partial charge in [0.1, 0.15) is 11.5 Å². The quantitative estimate of drug-likeness (QED) is 0.567. The molecule has 21 heavy (non-hydrogen) atoms. The molecule has 0 aromatic heterocycles. The lowest BCUT2D eigenvalue weighted by atomic mass is 9.90. The number of hydrogen-bond donors (Lipinski definition) is 1. The van der Waals surface area contributed by atoms with Crippen LogP contribution in [0.4, 0.5) is 0 Å². The van der Waals surface area contributed by atoms with E-state index in [1.807, 2.05) is 38.1 Å². The standard InChI is InChI=1S/C18H16O3/c1-10-14-6-7-17(20)16(9-19)18(14)11(2)13-5-4-12(21-3)8-15(10)13/h4-9,20H,1-3H3. The van der Waals surface area contributed by atoms with Crippen LogP contribution in [0.25, 0.3) is 21.5 Å². The molecule has 0 aliphatic rings. The first kappa shape index (κ1) is 13.4. The highest BCUT2D eigenvalue weighted by Gasteiger charge is 2.14. The van der Waals surface area contributed by atoms with Gasteiger partial charge in [0.25, 0.3) is 0 Å². The van der Waals surface area contributed by atoms with Crippen LogP contribution < -0.4 is 4.74 Å². The SMILES string of the molecule is COc1ccc2c(C)c3c(C=O)c(O)ccc3c(C)c2c1. The van der Waals surface area contributed by atoms with Gasteiger partial charge in [-0.1, -0.05) is 12.1 Å². The van der Waals surface area contributed by atoms with Crippen LogP contribution in [-0.4, -0.2) is 18.5 Å². The third kappa shape index (κ3) is 1.85. The van der Waals surface area contributed by atoms with E-state index in [0.717, 1.165) is 44.7 Å². The first-order chi connectivity index (χ1) is 10.1. The number of phenolic OH excluding ortho intramolecular Hbond substituents is 1. The van der Waals surface area contributed by atoms with Crippen molar-refractivity contribution in [1.82, 2.24) is 0 Å². The second-order valence-electron chi connectivity index (χ2n) is 5.20. The summed E-state index contributed by atoms with van der Waals surface area (Å²) in [5, 5.41) is 13.9. The largest absolute Gasteiger partial charge is 0.507 e. The van der Waals surface area contributed by atoms with Crippen LogP contribution in [0.5, 0.6) is 11.5 Å². The fourth-order valence-corrected chi connectivity index (χ4v) is 3.01. The molecule has 3 heteroatoms. The van der Waals surface area contributed by atoms with Gasteiger partial charge in [0, 0.05) is 0 Å². The second kappa shape index (κ2) is 4.77. The molecular weight excluding hydrogens is 264 g/mol. The summed E-state index contributed by atoms with van der Waals surface area (Å²) in [6, 6.07) is 9.34. The highest BCUT2D eigenvalue weighted by atomic mass is 16.5. The van der Waals surface area contributed by atoms with E-state index < -0.39 is 0 Å². The zero-order chi connectivity index (χ0) is 15.1. The summed E-state index contributed by atoms with van der Waals surface area (Å²) in [7, 11) is 1.65. The summed E-state index contributed by atoms with van der Waals surface area (Å²) in [5.41, 5.74) is 2.42. The Kier molecular flexibility index (Phi) is 3.05. The van der Waals surface area contributed by atoms with Gasteiger partial charge in [-0.25, -0.2) is 0 Å². The lowest BCUT2D eigenvalue weighted by Crippen LogP contribution is -1.94. The van der Waals surface area contributed by atoms with Gasteiger partial charge in [0.2, 0.25) is 0 Å². The smallest absolute Gasteiger partial charge is 0.154 e. The average molecular weight is 280 g/mol. The van der Waals surface area contributed by atoms with Crippen LogP contribution in [0.2, 0.25) is 0 Å². The highest BCUT2D eigenvalue weighted by Crippen LogP contribution is 2.37. The molecule has 0 saturated heterocycles. The average Bonchev–Trinajstić information content (AvgIpc) is 2.51. The number of methoxy groups -OCH3 is 1. The summed E-state index contributed by atoms with van der Waals surface area (Å²) >= 11 is 0. The van der Waals surface area contributed by atoms with Crippen LogP contribution in [0.15, 0.2) is 30.3 Å². The third-order valence-electron chi connectivity index (χ3n) is 4.15. The minimum atomic E-state index is 0.0212. The Bertz CT molecular complexity index is 879. The van der Waals surface area contributed by atoms with E-state index >= 15 is 0 Å². The number of hydrogen-bond acceptors (Lipinski definition) is 3. The molecule has 3 aromatic rings. The Morgan fingerprint density at radius 1 is 1.00 bits per heavy atom. The Hall–Kier alpha value is -2.55. The Labute approximate surface area is 122 Å². The Morgan fingerprint density at radius 3 is 2.38 bits per heavy atom. The number of carbonyl (C=O) groups is 1. The van der Waals surface area contributed by atoms with Crippen molar-refractivity contribution in [3.8, 4) is 11.5 Å². The zero-order valence-corrected chi connectivity index (χ0v) is 12.2. The van der Waals surface area contributed by atoms with Crippen LogP contribution in [0, 0.1) is 13.8 Å². The van der Waals surface area contributed by atoms with Gasteiger partial charge < -0.3 is 9.84 Å². The minimum Gasteiger partial charge on any atom is -0.507 e. The van der Waals surface area contributed by atoms with E-state index in [1.54, 1.807) is 13.2 Å². The lowest BCUT2D eigenvalue weighted by molar-refractivity contribution is 0.112. The molecule has 0 heterocycles. The normalized spacial score (nSPS) is 11.0. The number of aldehydes is 1. The van der Waals surface area contributed by atoms with Gasteiger partial charge in [0.15, 0.2) is 6.29 Å². The summed E-state index contributed by atoms with van der Waals surface area (Å²) in [6.07, 6.45) is 0.722. The summed E-state index contributed by atoms with van der Waals surface area (Å²) in [5.74, 6) is 0.826. The predicted molar refractivity (Wildman–Crippen MR) is 84.5 cm³/mol. The van der Waals surface area contributed by atoms with Crippen molar-refractivity contribution in [2.75, 3.05) is 7.11 Å². The molecule has 3 rings (SSSR count). The Balaban J connectivity index is 2.58. The summed E-state index contributed by atoms with van der Waals surface area (Å²) in [4.78, 5) is 11.4. The van der Waals surface area contributed by atoms with E-state index in [1.165, 1.54) is 0 Å². The third-order valence-corrected chi connectivity index (χ3v) is 4.15. The minimum absolute atomic E-state index is 0.0212. The number of aryl methyl sites for hydroxylation is 2. The molecule has 0 aliphatic carbocycles. The molecule has 3 nitrogen and oxygen atoms in total. The molecule has 1 N–H and O–H groups in total. The molecule has 3 aromatic carbocycles.